The summed E-state index contributed by atoms with van der Waals surface area (Å²) in [6.07, 6.45) is 0. The number of anilines is 2. The highest BCUT2D eigenvalue weighted by atomic mass is 32.2. The van der Waals surface area contributed by atoms with Crippen molar-refractivity contribution in [3.05, 3.63) is 30.0 Å². The Balaban J connectivity index is 1.92. The number of carbonyl (C=O) groups excluding carboxylic acids is 1. The van der Waals surface area contributed by atoms with Gasteiger partial charge in [-0.15, -0.1) is 11.8 Å². The van der Waals surface area contributed by atoms with Crippen LogP contribution in [0.15, 0.2) is 38.6 Å². The lowest BCUT2D eigenvalue weighted by atomic mass is 10.3. The predicted octanol–water partition coefficient (Wildman–Crippen LogP) is 2.22. The number of nitrogens with zero attached hydrogens (tertiary/aromatic N) is 1. The number of thioether (sulfide) groups is 1. The second kappa shape index (κ2) is 5.33. The van der Waals surface area contributed by atoms with E-state index in [9.17, 15) is 13.2 Å². The number of aryl methyl sites for hydroxylation is 1. The van der Waals surface area contributed by atoms with Crippen LogP contribution < -0.4 is 10.0 Å². The van der Waals surface area contributed by atoms with E-state index in [1.807, 2.05) is 0 Å². The number of nitrogens with one attached hydrogen (secondary N) is 2. The molecule has 1 aliphatic heterocycles. The second-order valence-corrected chi connectivity index (χ2v) is 7.90. The van der Waals surface area contributed by atoms with Gasteiger partial charge in [-0.1, -0.05) is 5.16 Å². The van der Waals surface area contributed by atoms with Gasteiger partial charge in [0, 0.05) is 11.0 Å². The van der Waals surface area contributed by atoms with Gasteiger partial charge in [-0.2, -0.15) is 0 Å². The summed E-state index contributed by atoms with van der Waals surface area (Å²) in [5.41, 5.74) is 0.493. The van der Waals surface area contributed by atoms with Crippen LogP contribution in [-0.2, 0) is 14.8 Å². The van der Waals surface area contributed by atoms with Gasteiger partial charge in [0.05, 0.1) is 15.8 Å². The summed E-state index contributed by atoms with van der Waals surface area (Å²) < 4.78 is 31.8. The number of fused-ring (bicyclic) bond motifs is 1. The number of rotatable bonds is 3. The third kappa shape index (κ3) is 2.81. The first-order valence-corrected chi connectivity index (χ1v) is 8.79. The predicted molar refractivity (Wildman–Crippen MR) is 82.4 cm³/mol. The number of benzene rings is 1. The molecule has 9 heteroatoms. The minimum absolute atomic E-state index is 0.0438. The first kappa shape index (κ1) is 14.9. The largest absolute Gasteiger partial charge is 0.360 e. The van der Waals surface area contributed by atoms with Crippen LogP contribution in [0, 0.1) is 6.92 Å². The lowest BCUT2D eigenvalue weighted by Crippen LogP contribution is -2.26. The van der Waals surface area contributed by atoms with Crippen LogP contribution in [0.25, 0.3) is 0 Å². The minimum Gasteiger partial charge on any atom is -0.360 e. The third-order valence-electron chi connectivity index (χ3n) is 3.06. The summed E-state index contributed by atoms with van der Waals surface area (Å²) in [5, 5.41) is 6.10. The summed E-state index contributed by atoms with van der Waals surface area (Å²) >= 11 is 1.39. The van der Waals surface area contributed by atoms with E-state index in [0.29, 0.717) is 11.4 Å². The average molecular weight is 339 g/mol. The minimum atomic E-state index is -3.80. The van der Waals surface area contributed by atoms with Crippen molar-refractivity contribution in [3.8, 4) is 0 Å². The molecule has 1 aromatic carbocycles. The van der Waals surface area contributed by atoms with Crippen molar-refractivity contribution in [1.29, 1.82) is 0 Å². The molecule has 2 heterocycles. The van der Waals surface area contributed by atoms with Crippen LogP contribution in [0.3, 0.4) is 0 Å². The first-order chi connectivity index (χ1) is 10.3. The van der Waals surface area contributed by atoms with Crippen molar-refractivity contribution in [2.45, 2.75) is 28.9 Å². The van der Waals surface area contributed by atoms with Crippen LogP contribution in [0.2, 0.25) is 0 Å². The summed E-state index contributed by atoms with van der Waals surface area (Å²) in [5.74, 6) is 0.468. The molecule has 1 amide bonds. The fourth-order valence-electron chi connectivity index (χ4n) is 1.97. The molecule has 116 valence electrons. The van der Waals surface area contributed by atoms with Crippen LogP contribution in [0.4, 0.5) is 11.5 Å². The molecule has 0 fully saturated rings. The number of aromatic nitrogens is 1. The summed E-state index contributed by atoms with van der Waals surface area (Å²) in [7, 11) is -3.80. The van der Waals surface area contributed by atoms with Crippen molar-refractivity contribution in [1.82, 2.24) is 5.16 Å². The summed E-state index contributed by atoms with van der Waals surface area (Å²) in [4.78, 5) is 12.6. The summed E-state index contributed by atoms with van der Waals surface area (Å²) in [6, 6.07) is 6.08. The van der Waals surface area contributed by atoms with Gasteiger partial charge in [-0.3, -0.25) is 9.52 Å². The molecule has 2 N–H and O–H groups in total. The van der Waals surface area contributed by atoms with Gasteiger partial charge in [-0.25, -0.2) is 8.42 Å². The second-order valence-electron chi connectivity index (χ2n) is 4.84. The Kier molecular flexibility index (Phi) is 3.61. The Morgan fingerprint density at radius 3 is 2.82 bits per heavy atom. The van der Waals surface area contributed by atoms with E-state index in [2.05, 4.69) is 15.2 Å². The number of amides is 1. The molecule has 7 nitrogen and oxygen atoms in total. The highest BCUT2D eigenvalue weighted by Crippen LogP contribution is 2.36. The van der Waals surface area contributed by atoms with E-state index in [-0.39, 0.29) is 21.9 Å². The first-order valence-electron chi connectivity index (χ1n) is 6.43. The molecule has 1 aromatic heterocycles. The maximum atomic E-state index is 12.3. The molecule has 0 radical (unpaired) electrons. The van der Waals surface area contributed by atoms with E-state index in [1.165, 1.54) is 30.0 Å². The number of hydrogen-bond donors (Lipinski definition) is 2. The highest BCUT2D eigenvalue weighted by molar-refractivity contribution is 8.01. The van der Waals surface area contributed by atoms with Crippen molar-refractivity contribution in [2.24, 2.45) is 0 Å². The van der Waals surface area contributed by atoms with Gasteiger partial charge >= 0.3 is 0 Å². The van der Waals surface area contributed by atoms with Gasteiger partial charge in [0.25, 0.3) is 10.0 Å². The van der Waals surface area contributed by atoms with Crippen LogP contribution >= 0.6 is 11.8 Å². The van der Waals surface area contributed by atoms with Gasteiger partial charge in [0.15, 0.2) is 5.82 Å². The molecule has 0 saturated heterocycles. The standard InChI is InChI=1S/C13H13N3O4S2/c1-7-5-12(15-20-7)16-22(18,19)9-3-4-11-10(6-9)14-13(17)8(2)21-11/h3-6,8H,1-2H3,(H,14,17)(H,15,16). The maximum Gasteiger partial charge on any atom is 0.263 e. The molecule has 2 aromatic rings. The van der Waals surface area contributed by atoms with Crippen LogP contribution in [-0.4, -0.2) is 24.7 Å². The van der Waals surface area contributed by atoms with E-state index in [0.717, 1.165) is 4.90 Å². The molecular weight excluding hydrogens is 326 g/mol. The van der Waals surface area contributed by atoms with Crippen LogP contribution in [0.1, 0.15) is 12.7 Å². The molecule has 0 saturated carbocycles. The molecule has 3 rings (SSSR count). The van der Waals surface area contributed by atoms with Crippen molar-refractivity contribution in [2.75, 3.05) is 10.0 Å². The fourth-order valence-corrected chi connectivity index (χ4v) is 3.91. The third-order valence-corrected chi connectivity index (χ3v) is 5.59. The van der Waals surface area contributed by atoms with E-state index in [1.54, 1.807) is 19.9 Å². The SMILES string of the molecule is Cc1cc(NS(=O)(=O)c2ccc3c(c2)NC(=O)C(C)S3)no1. The quantitative estimate of drug-likeness (QED) is 0.889. The Hall–Kier alpha value is -2.00. The zero-order valence-corrected chi connectivity index (χ0v) is 13.4. The number of sulfonamides is 1. The van der Waals surface area contributed by atoms with E-state index < -0.39 is 10.0 Å². The van der Waals surface area contributed by atoms with E-state index in [4.69, 9.17) is 4.52 Å². The van der Waals surface area contributed by atoms with Crippen molar-refractivity contribution >= 4 is 39.2 Å². The average Bonchev–Trinajstić information content (AvgIpc) is 2.84. The van der Waals surface area contributed by atoms with Gasteiger partial charge in [0.2, 0.25) is 5.91 Å². The Bertz CT molecular complexity index is 845. The normalized spacial score (nSPS) is 17.7. The van der Waals surface area contributed by atoms with Crippen molar-refractivity contribution < 1.29 is 17.7 Å². The number of hydrogen-bond acceptors (Lipinski definition) is 6. The lowest BCUT2D eigenvalue weighted by molar-refractivity contribution is -0.115. The monoisotopic (exact) mass is 339 g/mol. The Labute approximate surface area is 131 Å². The highest BCUT2D eigenvalue weighted by Gasteiger charge is 2.25. The van der Waals surface area contributed by atoms with Crippen molar-refractivity contribution in [3.63, 3.8) is 0 Å². The maximum absolute atomic E-state index is 12.3. The fraction of sp³-hybridized carbons (Fsp3) is 0.231. The molecule has 0 bridgehead atoms. The van der Waals surface area contributed by atoms with Gasteiger partial charge in [0.1, 0.15) is 5.76 Å². The lowest BCUT2D eigenvalue weighted by Gasteiger charge is -2.21. The topological polar surface area (TPSA) is 101 Å². The van der Waals surface area contributed by atoms with Crippen LogP contribution in [0.5, 0.6) is 0 Å². The molecule has 0 spiro atoms. The molecule has 1 unspecified atom stereocenters. The zero-order valence-electron chi connectivity index (χ0n) is 11.8. The smallest absolute Gasteiger partial charge is 0.263 e. The van der Waals surface area contributed by atoms with E-state index >= 15 is 0 Å². The Morgan fingerprint density at radius 2 is 2.14 bits per heavy atom. The Morgan fingerprint density at radius 1 is 1.36 bits per heavy atom. The van der Waals surface area contributed by atoms with Gasteiger partial charge in [-0.05, 0) is 32.0 Å². The molecular formula is C13H13N3O4S2. The number of carbonyl (C=O) groups is 1. The van der Waals surface area contributed by atoms with Gasteiger partial charge < -0.3 is 9.84 Å². The molecule has 1 atom stereocenters. The molecule has 0 aliphatic carbocycles. The summed E-state index contributed by atoms with van der Waals surface area (Å²) in [6.45, 7) is 3.46. The molecule has 22 heavy (non-hydrogen) atoms. The molecule has 1 aliphatic rings. The zero-order chi connectivity index (χ0) is 15.9.